The van der Waals surface area contributed by atoms with Crippen molar-refractivity contribution in [1.82, 2.24) is 15.3 Å². The summed E-state index contributed by atoms with van der Waals surface area (Å²) < 4.78 is 5.31. The topological polar surface area (TPSA) is 93.4 Å². The van der Waals surface area contributed by atoms with Crippen LogP contribution in [0.25, 0.3) is 11.3 Å². The first-order chi connectivity index (χ1) is 11.2. The summed E-state index contributed by atoms with van der Waals surface area (Å²) in [6, 6.07) is 9.45. The van der Waals surface area contributed by atoms with Crippen molar-refractivity contribution in [3.05, 3.63) is 35.9 Å². The smallest absolute Gasteiger partial charge is 0.256 e. The number of hydrogen-bond acceptors (Lipinski definition) is 6. The van der Waals surface area contributed by atoms with E-state index < -0.39 is 5.91 Å². The van der Waals surface area contributed by atoms with Crippen molar-refractivity contribution in [1.29, 1.82) is 0 Å². The third kappa shape index (κ3) is 3.09. The van der Waals surface area contributed by atoms with Gasteiger partial charge in [0.2, 0.25) is 11.8 Å². The Balaban J connectivity index is 2.15. The van der Waals surface area contributed by atoms with E-state index in [1.54, 1.807) is 0 Å². The molecule has 0 radical (unpaired) electrons. The van der Waals surface area contributed by atoms with Gasteiger partial charge >= 0.3 is 0 Å². The number of anilines is 1. The highest BCUT2D eigenvalue weighted by molar-refractivity contribution is 6.01. The van der Waals surface area contributed by atoms with Crippen LogP contribution in [0.4, 0.5) is 5.95 Å². The Labute approximate surface area is 134 Å². The number of methoxy groups -OCH3 is 1. The first-order valence-electron chi connectivity index (χ1n) is 7.47. The number of nitrogens with one attached hydrogen (secondary N) is 1. The average molecular weight is 313 g/mol. The minimum absolute atomic E-state index is 0.206. The van der Waals surface area contributed by atoms with E-state index in [1.807, 2.05) is 30.3 Å². The third-order valence-electron chi connectivity index (χ3n) is 3.75. The normalized spacial score (nSPS) is 14.6. The molecule has 1 aromatic heterocycles. The Morgan fingerprint density at radius 3 is 2.52 bits per heavy atom. The molecule has 3 N–H and O–H groups in total. The molecule has 0 saturated carbocycles. The van der Waals surface area contributed by atoms with Gasteiger partial charge in [0, 0.05) is 31.7 Å². The monoisotopic (exact) mass is 313 g/mol. The standard InChI is InChI=1S/C16H19N5O2/c1-23-15-12(14(17)22)13(11-5-3-2-4-6-11)19-16(20-15)21-9-7-18-8-10-21/h2-6,18H,7-10H2,1H3,(H2,17,22). The number of carbonyl (C=O) groups excluding carboxylic acids is 1. The molecule has 2 heterocycles. The van der Waals surface area contributed by atoms with Gasteiger partial charge in [-0.2, -0.15) is 4.98 Å². The van der Waals surface area contributed by atoms with Crippen LogP contribution in [0.15, 0.2) is 30.3 Å². The van der Waals surface area contributed by atoms with Gasteiger partial charge in [0.25, 0.3) is 5.91 Å². The minimum atomic E-state index is -0.604. The van der Waals surface area contributed by atoms with Crippen molar-refractivity contribution in [3.63, 3.8) is 0 Å². The summed E-state index contributed by atoms with van der Waals surface area (Å²) in [6.07, 6.45) is 0. The molecule has 1 aliphatic rings. The SMILES string of the molecule is COc1nc(N2CCNCC2)nc(-c2ccccc2)c1C(N)=O. The maximum Gasteiger partial charge on any atom is 0.256 e. The lowest BCUT2D eigenvalue weighted by atomic mass is 10.1. The molecular weight excluding hydrogens is 294 g/mol. The number of nitrogens with two attached hydrogens (primary N) is 1. The second-order valence-electron chi connectivity index (χ2n) is 5.22. The summed E-state index contributed by atoms with van der Waals surface area (Å²) in [5, 5.41) is 3.29. The maximum atomic E-state index is 11.9. The molecule has 1 aliphatic heterocycles. The van der Waals surface area contributed by atoms with Gasteiger partial charge < -0.3 is 20.7 Å². The van der Waals surface area contributed by atoms with Gasteiger partial charge in [0.1, 0.15) is 5.56 Å². The van der Waals surface area contributed by atoms with Gasteiger partial charge in [0.15, 0.2) is 0 Å². The lowest BCUT2D eigenvalue weighted by Crippen LogP contribution is -2.44. The fourth-order valence-electron chi connectivity index (χ4n) is 2.61. The number of rotatable bonds is 4. The number of amides is 1. The Kier molecular flexibility index (Phi) is 4.38. The summed E-state index contributed by atoms with van der Waals surface area (Å²) in [5.74, 6) is 0.152. The minimum Gasteiger partial charge on any atom is -0.480 e. The van der Waals surface area contributed by atoms with E-state index in [0.29, 0.717) is 11.6 Å². The average Bonchev–Trinajstić information content (AvgIpc) is 2.62. The molecule has 7 nitrogen and oxygen atoms in total. The lowest BCUT2D eigenvalue weighted by Gasteiger charge is -2.28. The first kappa shape index (κ1) is 15.2. The zero-order valence-corrected chi connectivity index (χ0v) is 13.0. The van der Waals surface area contributed by atoms with Crippen LogP contribution in [0, 0.1) is 0 Å². The Morgan fingerprint density at radius 1 is 1.22 bits per heavy atom. The molecule has 23 heavy (non-hydrogen) atoms. The molecule has 1 amide bonds. The fourth-order valence-corrected chi connectivity index (χ4v) is 2.61. The van der Waals surface area contributed by atoms with E-state index in [4.69, 9.17) is 10.5 Å². The van der Waals surface area contributed by atoms with E-state index in [9.17, 15) is 4.79 Å². The molecular formula is C16H19N5O2. The summed E-state index contributed by atoms with van der Waals surface area (Å²) in [6.45, 7) is 3.33. The number of hydrogen-bond donors (Lipinski definition) is 2. The molecule has 1 saturated heterocycles. The molecule has 0 spiro atoms. The van der Waals surface area contributed by atoms with Crippen molar-refractivity contribution < 1.29 is 9.53 Å². The molecule has 3 rings (SSSR count). The Hall–Kier alpha value is -2.67. The molecule has 1 aromatic carbocycles. The lowest BCUT2D eigenvalue weighted by molar-refractivity contribution is 0.0997. The molecule has 0 atom stereocenters. The van der Waals surface area contributed by atoms with Gasteiger partial charge in [-0.15, -0.1) is 0 Å². The quantitative estimate of drug-likeness (QED) is 0.861. The van der Waals surface area contributed by atoms with Gasteiger partial charge in [0.05, 0.1) is 12.8 Å². The van der Waals surface area contributed by atoms with Crippen molar-refractivity contribution in [3.8, 4) is 17.1 Å². The number of benzene rings is 1. The first-order valence-corrected chi connectivity index (χ1v) is 7.47. The highest BCUT2D eigenvalue weighted by atomic mass is 16.5. The summed E-state index contributed by atoms with van der Waals surface area (Å²) in [5.41, 5.74) is 7.04. The highest BCUT2D eigenvalue weighted by Crippen LogP contribution is 2.29. The van der Waals surface area contributed by atoms with Gasteiger partial charge in [-0.3, -0.25) is 4.79 Å². The van der Waals surface area contributed by atoms with Crippen molar-refractivity contribution in [2.45, 2.75) is 0 Å². The molecule has 0 aliphatic carbocycles. The number of ether oxygens (including phenoxy) is 1. The maximum absolute atomic E-state index is 11.9. The second kappa shape index (κ2) is 6.62. The molecule has 120 valence electrons. The zero-order chi connectivity index (χ0) is 16.2. The van der Waals surface area contributed by atoms with Crippen LogP contribution in [0.1, 0.15) is 10.4 Å². The van der Waals surface area contributed by atoms with Gasteiger partial charge in [-0.25, -0.2) is 4.98 Å². The largest absolute Gasteiger partial charge is 0.480 e. The van der Waals surface area contributed by atoms with Crippen LogP contribution in [0.2, 0.25) is 0 Å². The van der Waals surface area contributed by atoms with Gasteiger partial charge in [-0.05, 0) is 0 Å². The van der Waals surface area contributed by atoms with Crippen LogP contribution in [-0.2, 0) is 0 Å². The number of nitrogens with zero attached hydrogens (tertiary/aromatic N) is 3. The second-order valence-corrected chi connectivity index (χ2v) is 5.22. The number of carbonyl (C=O) groups is 1. The van der Waals surface area contributed by atoms with E-state index in [0.717, 1.165) is 31.7 Å². The predicted octanol–water partition coefficient (Wildman–Crippen LogP) is 0.661. The molecule has 1 fully saturated rings. The van der Waals surface area contributed by atoms with Crippen LogP contribution in [-0.4, -0.2) is 49.2 Å². The van der Waals surface area contributed by atoms with Gasteiger partial charge in [-0.1, -0.05) is 30.3 Å². The summed E-state index contributed by atoms with van der Waals surface area (Å²) in [4.78, 5) is 23.0. The Bertz CT molecular complexity index is 699. The van der Waals surface area contributed by atoms with E-state index in [2.05, 4.69) is 20.2 Å². The fraction of sp³-hybridized carbons (Fsp3) is 0.312. The Morgan fingerprint density at radius 2 is 1.91 bits per heavy atom. The van der Waals surface area contributed by atoms with Crippen molar-refractivity contribution in [2.24, 2.45) is 5.73 Å². The van der Waals surface area contributed by atoms with Crippen molar-refractivity contribution in [2.75, 3.05) is 38.2 Å². The molecule has 2 aromatic rings. The van der Waals surface area contributed by atoms with Crippen LogP contribution < -0.4 is 20.7 Å². The van der Waals surface area contributed by atoms with Crippen molar-refractivity contribution >= 4 is 11.9 Å². The predicted molar refractivity (Wildman–Crippen MR) is 87.6 cm³/mol. The number of primary amides is 1. The number of aromatic nitrogens is 2. The van der Waals surface area contributed by atoms with E-state index in [-0.39, 0.29) is 11.4 Å². The van der Waals surface area contributed by atoms with Crippen LogP contribution in [0.5, 0.6) is 5.88 Å². The molecule has 7 heteroatoms. The zero-order valence-electron chi connectivity index (χ0n) is 13.0. The van der Waals surface area contributed by atoms with Crippen LogP contribution >= 0.6 is 0 Å². The van der Waals surface area contributed by atoms with Crippen LogP contribution in [0.3, 0.4) is 0 Å². The molecule has 0 unspecified atom stereocenters. The molecule has 0 bridgehead atoms. The third-order valence-corrected chi connectivity index (χ3v) is 3.75. The highest BCUT2D eigenvalue weighted by Gasteiger charge is 2.23. The van der Waals surface area contributed by atoms with E-state index >= 15 is 0 Å². The summed E-state index contributed by atoms with van der Waals surface area (Å²) >= 11 is 0. The number of piperazine rings is 1. The van der Waals surface area contributed by atoms with E-state index in [1.165, 1.54) is 7.11 Å². The summed E-state index contributed by atoms with van der Waals surface area (Å²) in [7, 11) is 1.48.